The number of amides is 1. The summed E-state index contributed by atoms with van der Waals surface area (Å²) in [5, 5.41) is 2.90. The van der Waals surface area contributed by atoms with Crippen LogP contribution in [0, 0.1) is 13.8 Å². The third-order valence-corrected chi connectivity index (χ3v) is 2.96. The van der Waals surface area contributed by atoms with Crippen LogP contribution in [0.2, 0.25) is 0 Å². The summed E-state index contributed by atoms with van der Waals surface area (Å²) in [6.07, 6.45) is 2.87. The van der Waals surface area contributed by atoms with Crippen molar-refractivity contribution in [2.24, 2.45) is 0 Å². The summed E-state index contributed by atoms with van der Waals surface area (Å²) in [5.41, 5.74) is 2.29. The normalized spacial score (nSPS) is 12.0. The fourth-order valence-electron chi connectivity index (χ4n) is 1.99. The van der Waals surface area contributed by atoms with Gasteiger partial charge in [0.15, 0.2) is 6.10 Å². The lowest BCUT2D eigenvalue weighted by Crippen LogP contribution is -2.36. The Morgan fingerprint density at radius 1 is 1.21 bits per heavy atom. The third-order valence-electron chi connectivity index (χ3n) is 2.96. The molecule has 0 aromatic heterocycles. The van der Waals surface area contributed by atoms with Crippen LogP contribution in [0.25, 0.3) is 0 Å². The van der Waals surface area contributed by atoms with Gasteiger partial charge in [-0.1, -0.05) is 25.8 Å². The summed E-state index contributed by atoms with van der Waals surface area (Å²) in [5.74, 6) is 0.712. The highest BCUT2D eigenvalue weighted by Gasteiger charge is 2.14. The van der Waals surface area contributed by atoms with Crippen LogP contribution in [-0.2, 0) is 4.79 Å². The first-order valence-corrected chi connectivity index (χ1v) is 7.05. The standard InChI is InChI=1S/C16H25NO2/c1-5-6-7-8-17-16(18)14(4)19-15-10-12(2)9-13(3)11-15/h9-11,14H,5-8H2,1-4H3,(H,17,18)/t14-/m0/s1. The lowest BCUT2D eigenvalue weighted by Gasteiger charge is -2.15. The molecule has 0 bridgehead atoms. The van der Waals surface area contributed by atoms with E-state index in [1.807, 2.05) is 26.0 Å². The molecule has 0 aliphatic rings. The molecule has 0 radical (unpaired) electrons. The highest BCUT2D eigenvalue weighted by atomic mass is 16.5. The molecule has 1 amide bonds. The van der Waals surface area contributed by atoms with Gasteiger partial charge in [-0.25, -0.2) is 0 Å². The predicted molar refractivity (Wildman–Crippen MR) is 78.5 cm³/mol. The first-order valence-electron chi connectivity index (χ1n) is 7.05. The van der Waals surface area contributed by atoms with Crippen molar-refractivity contribution in [1.29, 1.82) is 0 Å². The van der Waals surface area contributed by atoms with Crippen molar-refractivity contribution in [3.63, 3.8) is 0 Å². The molecule has 1 aromatic rings. The summed E-state index contributed by atoms with van der Waals surface area (Å²) in [7, 11) is 0. The van der Waals surface area contributed by atoms with E-state index in [1.54, 1.807) is 6.92 Å². The van der Waals surface area contributed by atoms with E-state index >= 15 is 0 Å². The van der Waals surface area contributed by atoms with Crippen LogP contribution < -0.4 is 10.1 Å². The number of unbranched alkanes of at least 4 members (excludes halogenated alkanes) is 2. The molecule has 0 saturated carbocycles. The van der Waals surface area contributed by atoms with E-state index in [2.05, 4.69) is 18.3 Å². The van der Waals surface area contributed by atoms with Crippen molar-refractivity contribution in [2.45, 2.75) is 53.1 Å². The van der Waals surface area contributed by atoms with Gasteiger partial charge in [-0.2, -0.15) is 0 Å². The van der Waals surface area contributed by atoms with Crippen molar-refractivity contribution in [2.75, 3.05) is 6.54 Å². The molecule has 0 aliphatic heterocycles. The van der Waals surface area contributed by atoms with Crippen LogP contribution in [0.1, 0.15) is 44.2 Å². The zero-order valence-electron chi connectivity index (χ0n) is 12.5. The second-order valence-electron chi connectivity index (χ2n) is 5.08. The lowest BCUT2D eigenvalue weighted by atomic mass is 10.1. The maximum Gasteiger partial charge on any atom is 0.260 e. The molecule has 3 nitrogen and oxygen atoms in total. The number of nitrogens with one attached hydrogen (secondary N) is 1. The molecule has 1 atom stereocenters. The van der Waals surface area contributed by atoms with E-state index in [0.29, 0.717) is 0 Å². The van der Waals surface area contributed by atoms with Crippen LogP contribution in [0.4, 0.5) is 0 Å². The first kappa shape index (κ1) is 15.5. The lowest BCUT2D eigenvalue weighted by molar-refractivity contribution is -0.127. The van der Waals surface area contributed by atoms with Crippen molar-refractivity contribution in [1.82, 2.24) is 5.32 Å². The molecule has 19 heavy (non-hydrogen) atoms. The molecular weight excluding hydrogens is 238 g/mol. The second-order valence-corrected chi connectivity index (χ2v) is 5.08. The highest BCUT2D eigenvalue weighted by Crippen LogP contribution is 2.17. The topological polar surface area (TPSA) is 38.3 Å². The predicted octanol–water partition coefficient (Wildman–Crippen LogP) is 3.38. The Bertz CT molecular complexity index is 395. The second kappa shape index (κ2) is 7.82. The fraction of sp³-hybridized carbons (Fsp3) is 0.562. The van der Waals surface area contributed by atoms with Gasteiger partial charge >= 0.3 is 0 Å². The van der Waals surface area contributed by atoms with Gasteiger partial charge in [-0.3, -0.25) is 4.79 Å². The minimum absolute atomic E-state index is 0.0461. The number of ether oxygens (including phenoxy) is 1. The average molecular weight is 263 g/mol. The summed E-state index contributed by atoms with van der Waals surface area (Å²) in [4.78, 5) is 11.8. The van der Waals surface area contributed by atoms with Gasteiger partial charge in [0.1, 0.15) is 5.75 Å². The third kappa shape index (κ3) is 5.77. The van der Waals surface area contributed by atoms with E-state index in [-0.39, 0.29) is 5.91 Å². The molecule has 0 aliphatic carbocycles. The number of carbonyl (C=O) groups is 1. The number of carbonyl (C=O) groups excluding carboxylic acids is 1. The molecule has 1 rings (SSSR count). The summed E-state index contributed by atoms with van der Waals surface area (Å²) < 4.78 is 5.68. The zero-order chi connectivity index (χ0) is 14.3. The Labute approximate surface area is 116 Å². The molecule has 3 heteroatoms. The largest absolute Gasteiger partial charge is 0.481 e. The number of benzene rings is 1. The van der Waals surface area contributed by atoms with Crippen molar-refractivity contribution < 1.29 is 9.53 Å². The van der Waals surface area contributed by atoms with Gasteiger partial charge in [0.2, 0.25) is 0 Å². The van der Waals surface area contributed by atoms with Crippen LogP contribution >= 0.6 is 0 Å². The van der Waals surface area contributed by atoms with E-state index in [1.165, 1.54) is 0 Å². The number of rotatable bonds is 7. The van der Waals surface area contributed by atoms with Crippen LogP contribution in [0.15, 0.2) is 18.2 Å². The Morgan fingerprint density at radius 2 is 1.84 bits per heavy atom. The SMILES string of the molecule is CCCCCNC(=O)[C@H](C)Oc1cc(C)cc(C)c1. The Balaban J connectivity index is 2.44. The highest BCUT2D eigenvalue weighted by molar-refractivity contribution is 5.80. The minimum Gasteiger partial charge on any atom is -0.481 e. The van der Waals surface area contributed by atoms with Gasteiger partial charge in [0.25, 0.3) is 5.91 Å². The molecule has 0 saturated heterocycles. The number of hydrogen-bond donors (Lipinski definition) is 1. The van der Waals surface area contributed by atoms with E-state index in [9.17, 15) is 4.79 Å². The monoisotopic (exact) mass is 263 g/mol. The van der Waals surface area contributed by atoms with Gasteiger partial charge in [0.05, 0.1) is 0 Å². The fourth-order valence-corrected chi connectivity index (χ4v) is 1.99. The van der Waals surface area contributed by atoms with Crippen LogP contribution in [-0.4, -0.2) is 18.6 Å². The Kier molecular flexibility index (Phi) is 6.40. The maximum atomic E-state index is 11.8. The van der Waals surface area contributed by atoms with Crippen LogP contribution in [0.5, 0.6) is 5.75 Å². The molecule has 0 heterocycles. The van der Waals surface area contributed by atoms with Crippen LogP contribution in [0.3, 0.4) is 0 Å². The number of aryl methyl sites for hydroxylation is 2. The van der Waals surface area contributed by atoms with E-state index in [0.717, 1.165) is 42.7 Å². The van der Waals surface area contributed by atoms with Crippen molar-refractivity contribution in [3.8, 4) is 5.75 Å². The molecule has 0 fully saturated rings. The van der Waals surface area contributed by atoms with Gasteiger partial charge in [0, 0.05) is 6.54 Å². The van der Waals surface area contributed by atoms with E-state index < -0.39 is 6.10 Å². The summed E-state index contributed by atoms with van der Waals surface area (Å²) in [6.45, 7) is 8.71. The zero-order valence-corrected chi connectivity index (χ0v) is 12.5. The molecular formula is C16H25NO2. The molecule has 1 aromatic carbocycles. The summed E-state index contributed by atoms with van der Waals surface area (Å²) in [6, 6.07) is 5.99. The molecule has 0 spiro atoms. The average Bonchev–Trinajstić information content (AvgIpc) is 2.33. The van der Waals surface area contributed by atoms with Gasteiger partial charge < -0.3 is 10.1 Å². The van der Waals surface area contributed by atoms with Crippen molar-refractivity contribution >= 4 is 5.91 Å². The van der Waals surface area contributed by atoms with Gasteiger partial charge in [-0.15, -0.1) is 0 Å². The first-order chi connectivity index (χ1) is 9.02. The minimum atomic E-state index is -0.456. The quantitative estimate of drug-likeness (QED) is 0.766. The maximum absolute atomic E-state index is 11.8. The molecule has 1 N–H and O–H groups in total. The number of hydrogen-bond acceptors (Lipinski definition) is 2. The smallest absolute Gasteiger partial charge is 0.260 e. The Hall–Kier alpha value is -1.51. The van der Waals surface area contributed by atoms with E-state index in [4.69, 9.17) is 4.74 Å². The van der Waals surface area contributed by atoms with Gasteiger partial charge in [-0.05, 0) is 50.5 Å². The Morgan fingerprint density at radius 3 is 2.42 bits per heavy atom. The molecule has 0 unspecified atom stereocenters. The van der Waals surface area contributed by atoms with Crippen molar-refractivity contribution in [3.05, 3.63) is 29.3 Å². The molecule has 106 valence electrons. The summed E-state index contributed by atoms with van der Waals surface area (Å²) >= 11 is 0.